The Hall–Kier alpha value is -2.62. The molecular weight excluding hydrogens is 452 g/mol. The van der Waals surface area contributed by atoms with Crippen molar-refractivity contribution in [1.82, 2.24) is 10.2 Å². The number of aliphatic hydroxyl groups excluding tert-OH is 3. The first-order valence-electron chi connectivity index (χ1n) is 12.4. The molecule has 1 fully saturated rings. The van der Waals surface area contributed by atoms with E-state index in [-0.39, 0.29) is 31.6 Å². The molecule has 4 N–H and O–H groups in total. The van der Waals surface area contributed by atoms with Gasteiger partial charge in [0.1, 0.15) is 12.2 Å². The second kappa shape index (κ2) is 10.6. The summed E-state index contributed by atoms with van der Waals surface area (Å²) in [6.07, 6.45) is 2.25. The van der Waals surface area contributed by atoms with Crippen LogP contribution in [0.1, 0.15) is 50.2 Å². The predicted molar refractivity (Wildman–Crippen MR) is 128 cm³/mol. The fourth-order valence-electron chi connectivity index (χ4n) is 4.99. The van der Waals surface area contributed by atoms with E-state index in [0.29, 0.717) is 40.7 Å². The summed E-state index contributed by atoms with van der Waals surface area (Å²) in [5.41, 5.74) is 1.61. The second-order valence-corrected chi connectivity index (χ2v) is 10.0. The molecule has 2 amide bonds. The van der Waals surface area contributed by atoms with Gasteiger partial charge in [0, 0.05) is 30.1 Å². The zero-order valence-corrected chi connectivity index (χ0v) is 20.6. The Balaban J connectivity index is 1.78. The molecule has 0 radical (unpaired) electrons. The largest absolute Gasteiger partial charge is 0.493 e. The van der Waals surface area contributed by atoms with Crippen molar-refractivity contribution in [2.24, 2.45) is 11.8 Å². The molecular formula is C26H36N2O7. The highest BCUT2D eigenvalue weighted by Gasteiger charge is 2.52. The first-order chi connectivity index (χ1) is 16.8. The third-order valence-electron chi connectivity index (χ3n) is 7.01. The fraction of sp³-hybridized carbons (Fsp3) is 0.615. The van der Waals surface area contributed by atoms with Gasteiger partial charge in [-0.1, -0.05) is 13.8 Å². The van der Waals surface area contributed by atoms with Crippen molar-refractivity contribution < 1.29 is 34.4 Å². The Bertz CT molecular complexity index is 988. The molecule has 9 nitrogen and oxygen atoms in total. The number of ether oxygens (including phenoxy) is 2. The van der Waals surface area contributed by atoms with Crippen LogP contribution < -0.4 is 14.8 Å². The van der Waals surface area contributed by atoms with Gasteiger partial charge in [-0.3, -0.25) is 9.59 Å². The molecule has 0 aromatic heterocycles. The number of benzene rings is 1. The number of methoxy groups -OCH3 is 1. The lowest BCUT2D eigenvalue weighted by Crippen LogP contribution is -2.56. The van der Waals surface area contributed by atoms with Gasteiger partial charge in [0.2, 0.25) is 11.8 Å². The van der Waals surface area contributed by atoms with Crippen LogP contribution in [0.15, 0.2) is 23.8 Å². The molecule has 35 heavy (non-hydrogen) atoms. The zero-order chi connectivity index (χ0) is 25.3. The van der Waals surface area contributed by atoms with Gasteiger partial charge in [0.05, 0.1) is 32.3 Å². The molecule has 0 saturated heterocycles. The standard InChI is InChI=1S/C26H36N2O7/c1-14(2)6-8-28(26(33)16-4-5-16)19-12-18(25(32)27-7-9-29)21-17-10-15(13-30)11-20(34-3)23(17)35-24(21)22(19)31/h10-12,14,16,19,21-22,24,29-31H,4-9,13H2,1-3H3,(H,27,32). The van der Waals surface area contributed by atoms with Gasteiger partial charge in [-0.15, -0.1) is 0 Å². The van der Waals surface area contributed by atoms with E-state index in [0.717, 1.165) is 19.3 Å². The summed E-state index contributed by atoms with van der Waals surface area (Å²) < 4.78 is 11.7. The first kappa shape index (κ1) is 25.5. The maximum atomic E-state index is 13.3. The summed E-state index contributed by atoms with van der Waals surface area (Å²) in [4.78, 5) is 28.2. The number of hydrogen-bond donors (Lipinski definition) is 4. The van der Waals surface area contributed by atoms with E-state index < -0.39 is 30.1 Å². The van der Waals surface area contributed by atoms with Crippen molar-refractivity contribution in [3.8, 4) is 11.5 Å². The number of fused-ring (bicyclic) bond motifs is 3. The molecule has 0 spiro atoms. The van der Waals surface area contributed by atoms with Crippen molar-refractivity contribution in [2.75, 3.05) is 26.8 Å². The highest BCUT2D eigenvalue weighted by Crippen LogP contribution is 2.51. The van der Waals surface area contributed by atoms with Crippen molar-refractivity contribution in [3.63, 3.8) is 0 Å². The number of nitrogens with one attached hydrogen (secondary N) is 1. The first-order valence-corrected chi connectivity index (χ1v) is 12.4. The Morgan fingerprint density at radius 3 is 2.60 bits per heavy atom. The van der Waals surface area contributed by atoms with Gasteiger partial charge in [-0.25, -0.2) is 0 Å². The van der Waals surface area contributed by atoms with Crippen LogP contribution in [0.4, 0.5) is 0 Å². The van der Waals surface area contributed by atoms with Crippen molar-refractivity contribution in [3.05, 3.63) is 34.9 Å². The van der Waals surface area contributed by atoms with Crippen LogP contribution in [-0.4, -0.2) is 77.1 Å². The van der Waals surface area contributed by atoms with E-state index in [1.807, 2.05) is 0 Å². The highest BCUT2D eigenvalue weighted by molar-refractivity contribution is 5.96. The lowest BCUT2D eigenvalue weighted by Gasteiger charge is -2.41. The molecule has 1 aliphatic heterocycles. The van der Waals surface area contributed by atoms with E-state index in [1.54, 1.807) is 23.1 Å². The van der Waals surface area contributed by atoms with Crippen molar-refractivity contribution in [1.29, 1.82) is 0 Å². The van der Waals surface area contributed by atoms with Crippen LogP contribution in [0.3, 0.4) is 0 Å². The quantitative estimate of drug-likeness (QED) is 0.388. The number of carbonyl (C=O) groups excluding carboxylic acids is 2. The Morgan fingerprint density at radius 1 is 1.26 bits per heavy atom. The topological polar surface area (TPSA) is 129 Å². The monoisotopic (exact) mass is 488 g/mol. The zero-order valence-electron chi connectivity index (χ0n) is 20.6. The SMILES string of the molecule is COc1cc(CO)cc2c1OC1C2C(C(=O)NCCO)=CC(N(CCC(C)C)C(=O)C2CC2)C1O. The Morgan fingerprint density at radius 2 is 2.00 bits per heavy atom. The van der Waals surface area contributed by atoms with Crippen molar-refractivity contribution in [2.45, 2.75) is 63.9 Å². The fourth-order valence-corrected chi connectivity index (χ4v) is 4.99. The Labute approximate surface area is 205 Å². The molecule has 0 bridgehead atoms. The van der Waals surface area contributed by atoms with Gasteiger partial charge >= 0.3 is 0 Å². The molecule has 4 atom stereocenters. The number of carbonyl (C=O) groups is 2. The summed E-state index contributed by atoms with van der Waals surface area (Å²) in [6, 6.07) is 2.70. The molecule has 3 aliphatic rings. The maximum absolute atomic E-state index is 13.3. The van der Waals surface area contributed by atoms with Gasteiger partial charge in [-0.2, -0.15) is 0 Å². The average Bonchev–Trinajstić information content (AvgIpc) is 3.63. The summed E-state index contributed by atoms with van der Waals surface area (Å²) >= 11 is 0. The molecule has 1 aromatic rings. The molecule has 1 aromatic carbocycles. The third-order valence-corrected chi connectivity index (χ3v) is 7.01. The average molecular weight is 489 g/mol. The van der Waals surface area contributed by atoms with Crippen LogP contribution in [0.2, 0.25) is 0 Å². The second-order valence-electron chi connectivity index (χ2n) is 10.0. The molecule has 9 heteroatoms. The van der Waals surface area contributed by atoms with E-state index in [9.17, 15) is 24.9 Å². The van der Waals surface area contributed by atoms with E-state index in [2.05, 4.69) is 19.2 Å². The smallest absolute Gasteiger partial charge is 0.247 e. The van der Waals surface area contributed by atoms with E-state index in [1.165, 1.54) is 7.11 Å². The number of rotatable bonds is 10. The van der Waals surface area contributed by atoms with Crippen LogP contribution >= 0.6 is 0 Å². The summed E-state index contributed by atoms with van der Waals surface area (Å²) in [7, 11) is 1.49. The molecule has 2 aliphatic carbocycles. The minimum Gasteiger partial charge on any atom is -0.493 e. The van der Waals surface area contributed by atoms with Crippen LogP contribution in [0.25, 0.3) is 0 Å². The Kier molecular flexibility index (Phi) is 7.68. The predicted octanol–water partition coefficient (Wildman–Crippen LogP) is 1.09. The van der Waals surface area contributed by atoms with Gasteiger partial charge < -0.3 is 35.0 Å². The number of hydrogen-bond acceptors (Lipinski definition) is 7. The van der Waals surface area contributed by atoms with Crippen LogP contribution in [0.5, 0.6) is 11.5 Å². The lowest BCUT2D eigenvalue weighted by molar-refractivity contribution is -0.138. The van der Waals surface area contributed by atoms with Gasteiger partial charge in [-0.05, 0) is 49.0 Å². The minimum atomic E-state index is -1.07. The normalized spacial score (nSPS) is 24.8. The van der Waals surface area contributed by atoms with E-state index >= 15 is 0 Å². The summed E-state index contributed by atoms with van der Waals surface area (Å²) in [6.45, 7) is 4.28. The van der Waals surface area contributed by atoms with Gasteiger partial charge in [0.15, 0.2) is 11.5 Å². The number of aliphatic hydroxyl groups is 3. The summed E-state index contributed by atoms with van der Waals surface area (Å²) in [5.74, 6) is 0.142. The third kappa shape index (κ3) is 5.03. The van der Waals surface area contributed by atoms with Crippen LogP contribution in [0, 0.1) is 11.8 Å². The maximum Gasteiger partial charge on any atom is 0.247 e. The number of amides is 2. The van der Waals surface area contributed by atoms with Gasteiger partial charge in [0.25, 0.3) is 0 Å². The van der Waals surface area contributed by atoms with E-state index in [4.69, 9.17) is 9.47 Å². The molecule has 1 heterocycles. The summed E-state index contributed by atoms with van der Waals surface area (Å²) in [5, 5.41) is 33.2. The molecule has 1 saturated carbocycles. The van der Waals surface area contributed by atoms with Crippen LogP contribution in [-0.2, 0) is 16.2 Å². The highest BCUT2D eigenvalue weighted by atomic mass is 16.5. The van der Waals surface area contributed by atoms with Crippen molar-refractivity contribution >= 4 is 11.8 Å². The number of nitrogens with zero attached hydrogens (tertiary/aromatic N) is 1. The molecule has 192 valence electrons. The lowest BCUT2D eigenvalue weighted by atomic mass is 9.77. The minimum absolute atomic E-state index is 0.00447. The molecule has 4 rings (SSSR count). The molecule has 4 unspecified atom stereocenters.